The third kappa shape index (κ3) is 2.32. The maximum atomic E-state index is 13.3. The van der Waals surface area contributed by atoms with Crippen LogP contribution in [-0.2, 0) is 33.6 Å². The molecule has 1 aromatic heterocycles. The SMILES string of the molecule is CC1(C)O[C@@]2(C=C3[C@H](CC[C@]45C[C@]34C(=O)O[C@H]5c3ccoc3)OO2)C[C@H]1[C@]1(C)C=CC(=O)O1. The van der Waals surface area contributed by atoms with Crippen molar-refractivity contribution >= 4 is 11.9 Å². The largest absolute Gasteiger partial charge is 0.472 e. The number of esters is 2. The summed E-state index contributed by atoms with van der Waals surface area (Å²) in [5.41, 5.74) is -0.692. The number of furan rings is 1. The molecule has 174 valence electrons. The van der Waals surface area contributed by atoms with Gasteiger partial charge in [-0.15, -0.1) is 0 Å². The van der Waals surface area contributed by atoms with Crippen molar-refractivity contribution in [3.8, 4) is 0 Å². The van der Waals surface area contributed by atoms with Gasteiger partial charge in [-0.25, -0.2) is 9.68 Å². The second-order valence-corrected chi connectivity index (χ2v) is 11.1. The summed E-state index contributed by atoms with van der Waals surface area (Å²) >= 11 is 0. The molecular weight excluding hydrogens is 428 g/mol. The molecule has 8 heteroatoms. The van der Waals surface area contributed by atoms with Gasteiger partial charge < -0.3 is 18.6 Å². The minimum Gasteiger partial charge on any atom is -0.472 e. The lowest BCUT2D eigenvalue weighted by atomic mass is 9.71. The van der Waals surface area contributed by atoms with E-state index in [2.05, 4.69) is 0 Å². The van der Waals surface area contributed by atoms with Crippen molar-refractivity contribution in [1.82, 2.24) is 0 Å². The molecule has 8 nitrogen and oxygen atoms in total. The first-order valence-corrected chi connectivity index (χ1v) is 11.6. The second kappa shape index (κ2) is 5.79. The minimum atomic E-state index is -1.17. The fraction of sp³-hybridized carbons (Fsp3) is 0.600. The quantitative estimate of drug-likeness (QED) is 0.380. The van der Waals surface area contributed by atoms with Gasteiger partial charge in [0.05, 0.1) is 18.1 Å². The lowest BCUT2D eigenvalue weighted by Gasteiger charge is -2.40. The summed E-state index contributed by atoms with van der Waals surface area (Å²) < 4.78 is 23.3. The molecule has 1 aromatic rings. The Kier molecular flexibility index (Phi) is 3.51. The average Bonchev–Trinajstić information content (AvgIpc) is 3.11. The summed E-state index contributed by atoms with van der Waals surface area (Å²) in [7, 11) is 0. The Morgan fingerprint density at radius 1 is 1.15 bits per heavy atom. The topological polar surface area (TPSA) is 93.4 Å². The van der Waals surface area contributed by atoms with Crippen molar-refractivity contribution in [3.05, 3.63) is 48.0 Å². The lowest BCUT2D eigenvalue weighted by Crippen LogP contribution is -2.45. The Labute approximate surface area is 190 Å². The van der Waals surface area contributed by atoms with Crippen molar-refractivity contribution < 1.29 is 38.0 Å². The number of carbonyl (C=O) groups is 2. The van der Waals surface area contributed by atoms with E-state index in [1.807, 2.05) is 32.9 Å². The maximum absolute atomic E-state index is 13.3. The van der Waals surface area contributed by atoms with Gasteiger partial charge in [0, 0.05) is 29.4 Å². The monoisotopic (exact) mass is 454 g/mol. The Morgan fingerprint density at radius 2 is 2.00 bits per heavy atom. The first kappa shape index (κ1) is 20.0. The number of carbonyl (C=O) groups excluding carboxylic acids is 2. The molecule has 7 rings (SSSR count). The Bertz CT molecular complexity index is 1130. The van der Waals surface area contributed by atoms with Crippen LogP contribution in [0.5, 0.6) is 0 Å². The molecule has 5 heterocycles. The Morgan fingerprint density at radius 3 is 2.73 bits per heavy atom. The molecule has 0 amide bonds. The molecular formula is C25H26O8. The van der Waals surface area contributed by atoms with Gasteiger partial charge in [-0.3, -0.25) is 4.79 Å². The molecule has 4 aliphatic heterocycles. The van der Waals surface area contributed by atoms with E-state index in [-0.39, 0.29) is 35.5 Å². The van der Waals surface area contributed by atoms with Gasteiger partial charge in [-0.05, 0) is 63.8 Å². The lowest BCUT2D eigenvalue weighted by molar-refractivity contribution is -0.435. The van der Waals surface area contributed by atoms with Crippen LogP contribution in [0.3, 0.4) is 0 Å². The summed E-state index contributed by atoms with van der Waals surface area (Å²) in [6, 6.07) is 1.87. The van der Waals surface area contributed by atoms with Crippen LogP contribution in [-0.4, -0.2) is 35.0 Å². The van der Waals surface area contributed by atoms with Crippen molar-refractivity contribution in [2.45, 2.75) is 75.7 Å². The van der Waals surface area contributed by atoms with Gasteiger partial charge in [0.2, 0.25) is 5.79 Å². The van der Waals surface area contributed by atoms with E-state index < -0.39 is 22.4 Å². The molecule has 0 unspecified atom stereocenters. The van der Waals surface area contributed by atoms with Gasteiger partial charge in [0.25, 0.3) is 0 Å². The van der Waals surface area contributed by atoms with Crippen LogP contribution in [0.2, 0.25) is 0 Å². The molecule has 6 aliphatic rings. The molecule has 2 saturated carbocycles. The first-order chi connectivity index (χ1) is 15.6. The van der Waals surface area contributed by atoms with Gasteiger partial charge in [-0.2, -0.15) is 4.89 Å². The normalized spacial score (nSPS) is 48.7. The standard InChI is InChI=1S/C25H26O8/c1-21(2)17(22(3)7-5-18(26)30-22)11-24(32-21)10-15-16(31-33-24)4-8-23-13-25(15,23)20(27)29-19(23)14-6-9-28-12-14/h5-7,9-10,12,16-17,19H,4,8,11,13H2,1-3H3/t16-,17+,19-,22-,23+,24+,25+/m0/s1. The predicted octanol–water partition coefficient (Wildman–Crippen LogP) is 3.69. The van der Waals surface area contributed by atoms with Crippen LogP contribution in [0, 0.1) is 16.7 Å². The predicted molar refractivity (Wildman–Crippen MR) is 110 cm³/mol. The highest BCUT2D eigenvalue weighted by Gasteiger charge is 2.85. The summed E-state index contributed by atoms with van der Waals surface area (Å²) in [5, 5.41) is 0. The number of fused-ring (bicyclic) bond motifs is 1. The van der Waals surface area contributed by atoms with Gasteiger partial charge in [-0.1, -0.05) is 0 Å². The number of cyclic esters (lactones) is 2. The highest BCUT2D eigenvalue weighted by molar-refractivity contribution is 5.90. The fourth-order valence-corrected chi connectivity index (χ4v) is 7.45. The van der Waals surface area contributed by atoms with E-state index in [4.69, 9.17) is 28.4 Å². The zero-order chi connectivity index (χ0) is 22.9. The molecule has 1 spiro atoms. The Balaban J connectivity index is 1.27. The van der Waals surface area contributed by atoms with E-state index in [1.54, 1.807) is 18.6 Å². The zero-order valence-electron chi connectivity index (χ0n) is 18.8. The third-order valence-electron chi connectivity index (χ3n) is 8.93. The van der Waals surface area contributed by atoms with Gasteiger partial charge in [0.1, 0.15) is 23.2 Å². The highest BCUT2D eigenvalue weighted by atomic mass is 17.2. The average molecular weight is 454 g/mol. The molecule has 33 heavy (non-hydrogen) atoms. The van der Waals surface area contributed by atoms with Crippen LogP contribution < -0.4 is 0 Å². The number of ether oxygens (including phenoxy) is 3. The molecule has 4 fully saturated rings. The van der Waals surface area contributed by atoms with Gasteiger partial charge >= 0.3 is 11.9 Å². The summed E-state index contributed by atoms with van der Waals surface area (Å²) in [6.07, 6.45) is 10.5. The van der Waals surface area contributed by atoms with E-state index in [1.165, 1.54) is 6.08 Å². The molecule has 7 atom stereocenters. The first-order valence-electron chi connectivity index (χ1n) is 11.6. The van der Waals surface area contributed by atoms with Crippen LogP contribution >= 0.6 is 0 Å². The summed E-state index contributed by atoms with van der Waals surface area (Å²) in [4.78, 5) is 37.0. The van der Waals surface area contributed by atoms with Crippen molar-refractivity contribution in [3.63, 3.8) is 0 Å². The Hall–Kier alpha value is -2.42. The van der Waals surface area contributed by atoms with Crippen LogP contribution in [0.15, 0.2) is 46.8 Å². The van der Waals surface area contributed by atoms with E-state index in [0.29, 0.717) is 6.42 Å². The van der Waals surface area contributed by atoms with Crippen molar-refractivity contribution in [2.24, 2.45) is 16.7 Å². The maximum Gasteiger partial charge on any atom is 0.331 e. The van der Waals surface area contributed by atoms with Crippen LogP contribution in [0.4, 0.5) is 0 Å². The third-order valence-corrected chi connectivity index (χ3v) is 8.93. The molecule has 0 aromatic carbocycles. The van der Waals surface area contributed by atoms with Crippen LogP contribution in [0.1, 0.15) is 58.1 Å². The summed E-state index contributed by atoms with van der Waals surface area (Å²) in [6.45, 7) is 5.81. The number of hydrogen-bond acceptors (Lipinski definition) is 8. The van der Waals surface area contributed by atoms with E-state index in [9.17, 15) is 9.59 Å². The smallest absolute Gasteiger partial charge is 0.331 e. The molecule has 2 saturated heterocycles. The zero-order valence-corrected chi connectivity index (χ0v) is 18.8. The van der Waals surface area contributed by atoms with Crippen molar-refractivity contribution in [1.29, 1.82) is 0 Å². The number of hydrogen-bond donors (Lipinski definition) is 0. The fourth-order valence-electron chi connectivity index (χ4n) is 7.45. The molecule has 0 radical (unpaired) electrons. The highest BCUT2D eigenvalue weighted by Crippen LogP contribution is 2.83. The second-order valence-electron chi connectivity index (χ2n) is 11.1. The van der Waals surface area contributed by atoms with E-state index >= 15 is 0 Å². The summed E-state index contributed by atoms with van der Waals surface area (Å²) in [5.74, 6) is -1.91. The minimum absolute atomic E-state index is 0.177. The molecule has 2 aliphatic carbocycles. The molecule has 0 bridgehead atoms. The van der Waals surface area contributed by atoms with Crippen LogP contribution in [0.25, 0.3) is 0 Å². The molecule has 0 N–H and O–H groups in total. The van der Waals surface area contributed by atoms with Gasteiger partial charge in [0.15, 0.2) is 0 Å². The van der Waals surface area contributed by atoms with Crippen molar-refractivity contribution in [2.75, 3.05) is 0 Å². The van der Waals surface area contributed by atoms with E-state index in [0.717, 1.165) is 30.4 Å². The number of rotatable bonds is 2.